The molecule has 2 amide bonds. The Balaban J connectivity index is 1.80. The average Bonchev–Trinajstić information content (AvgIpc) is 2.97. The lowest BCUT2D eigenvalue weighted by Gasteiger charge is -2.09. The van der Waals surface area contributed by atoms with Crippen molar-refractivity contribution in [1.29, 1.82) is 0 Å². The van der Waals surface area contributed by atoms with Crippen molar-refractivity contribution in [3.05, 3.63) is 72.8 Å². The first-order valence-electron chi connectivity index (χ1n) is 7.51. The molecular weight excluding hydrogens is 320 g/mol. The van der Waals surface area contributed by atoms with Crippen LogP contribution in [0.25, 0.3) is 0 Å². The zero-order valence-electron chi connectivity index (χ0n) is 13.5. The van der Waals surface area contributed by atoms with Gasteiger partial charge < -0.3 is 10.4 Å². The van der Waals surface area contributed by atoms with Gasteiger partial charge in [-0.25, -0.2) is 9.36 Å². The zero-order chi connectivity index (χ0) is 17.6. The number of aliphatic imine (C=N–C) groups is 1. The Morgan fingerprint density at radius 1 is 1.12 bits per heavy atom. The molecule has 0 atom stereocenters. The number of nitrogens with one attached hydrogen (secondary N) is 2. The van der Waals surface area contributed by atoms with E-state index in [9.17, 15) is 9.90 Å². The van der Waals surface area contributed by atoms with Gasteiger partial charge in [-0.1, -0.05) is 36.4 Å². The number of amides is 2. The third-order valence-corrected chi connectivity index (χ3v) is 3.29. The van der Waals surface area contributed by atoms with E-state index in [1.54, 1.807) is 55.6 Å². The fourth-order valence-electron chi connectivity index (χ4n) is 2.16. The summed E-state index contributed by atoms with van der Waals surface area (Å²) < 4.78 is 1.48. The van der Waals surface area contributed by atoms with Crippen LogP contribution in [0.4, 0.5) is 16.2 Å². The molecule has 1 heterocycles. The maximum Gasteiger partial charge on any atom is 0.351 e. The number of aryl methyl sites for hydroxylation is 1. The predicted octanol–water partition coefficient (Wildman–Crippen LogP) is 0.922. The van der Waals surface area contributed by atoms with Gasteiger partial charge in [-0.15, -0.1) is 0 Å². The van der Waals surface area contributed by atoms with Crippen LogP contribution in [0.3, 0.4) is 0 Å². The van der Waals surface area contributed by atoms with E-state index < -0.39 is 11.9 Å². The molecule has 3 rings (SSSR count). The predicted molar refractivity (Wildman–Crippen MR) is 90.9 cm³/mol. The molecule has 2 N–H and O–H groups in total. The molecule has 8 heteroatoms. The normalized spacial score (nSPS) is 11.2. The minimum absolute atomic E-state index is 0.118. The summed E-state index contributed by atoms with van der Waals surface area (Å²) in [7, 11) is 1.65. The summed E-state index contributed by atoms with van der Waals surface area (Å²) in [6, 6.07) is 17.3. The van der Waals surface area contributed by atoms with Gasteiger partial charge in [0.2, 0.25) is 0 Å². The first-order valence-corrected chi connectivity index (χ1v) is 7.51. The first-order chi connectivity index (χ1) is 12.1. The van der Waals surface area contributed by atoms with Gasteiger partial charge in [0.25, 0.3) is 12.2 Å². The van der Waals surface area contributed by atoms with Crippen molar-refractivity contribution in [2.24, 2.45) is 12.0 Å². The van der Waals surface area contributed by atoms with Gasteiger partial charge in [0.1, 0.15) is 0 Å². The van der Waals surface area contributed by atoms with Crippen LogP contribution < -0.4 is 20.4 Å². The molecule has 1 aromatic heterocycles. The highest BCUT2D eigenvalue weighted by molar-refractivity contribution is 5.96. The maximum absolute atomic E-state index is 12.4. The highest BCUT2D eigenvalue weighted by atomic mass is 16.3. The molecule has 0 saturated carbocycles. The van der Waals surface area contributed by atoms with Gasteiger partial charge in [-0.2, -0.15) is 5.43 Å². The van der Waals surface area contributed by atoms with Gasteiger partial charge in [-0.3, -0.25) is 4.99 Å². The molecule has 0 spiro atoms. The zero-order valence-corrected chi connectivity index (χ0v) is 13.5. The number of hydrogen-bond acceptors (Lipinski definition) is 4. The van der Waals surface area contributed by atoms with E-state index in [-0.39, 0.29) is 5.82 Å². The van der Waals surface area contributed by atoms with Crippen LogP contribution in [-0.4, -0.2) is 21.8 Å². The van der Waals surface area contributed by atoms with Crippen LogP contribution in [0.15, 0.2) is 72.0 Å². The largest absolute Gasteiger partial charge is 0.854 e. The SMILES string of the molecule is C[n+]1cnn(NC(=O)Nc2ccccc2)c1C([O-])=Nc1ccccc1. The number of carbonyl (C=O) groups is 1. The number of hydrogen-bond donors (Lipinski definition) is 2. The highest BCUT2D eigenvalue weighted by Crippen LogP contribution is 2.10. The Hall–Kier alpha value is -3.68. The van der Waals surface area contributed by atoms with E-state index in [1.165, 1.54) is 10.9 Å². The molecular formula is C17H16N6O2. The van der Waals surface area contributed by atoms with E-state index in [1.807, 2.05) is 12.1 Å². The summed E-state index contributed by atoms with van der Waals surface area (Å²) in [6.07, 6.45) is 1.41. The topological polar surface area (TPSA) is 98.2 Å². The number of carbonyl (C=O) groups excluding carboxylic acids is 1. The minimum Gasteiger partial charge on any atom is -0.854 e. The maximum atomic E-state index is 12.4. The van der Waals surface area contributed by atoms with E-state index in [0.29, 0.717) is 11.4 Å². The van der Waals surface area contributed by atoms with Crippen molar-refractivity contribution in [1.82, 2.24) is 9.89 Å². The monoisotopic (exact) mass is 336 g/mol. The second kappa shape index (κ2) is 7.26. The number of para-hydroxylation sites is 2. The number of anilines is 1. The molecule has 126 valence electrons. The van der Waals surface area contributed by atoms with Crippen molar-refractivity contribution >= 4 is 23.3 Å². The molecule has 0 aliphatic heterocycles. The van der Waals surface area contributed by atoms with Crippen molar-refractivity contribution in [2.75, 3.05) is 10.7 Å². The molecule has 0 aliphatic carbocycles. The van der Waals surface area contributed by atoms with Gasteiger partial charge in [0, 0.05) is 10.5 Å². The summed E-state index contributed by atoms with van der Waals surface area (Å²) in [4.78, 5) is 17.2. The average molecular weight is 336 g/mol. The van der Waals surface area contributed by atoms with Crippen LogP contribution in [0.1, 0.15) is 5.82 Å². The quantitative estimate of drug-likeness (QED) is 0.421. The Labute approximate surface area is 144 Å². The molecule has 3 aromatic rings. The van der Waals surface area contributed by atoms with Crippen molar-refractivity contribution in [3.63, 3.8) is 0 Å². The third kappa shape index (κ3) is 3.99. The summed E-state index contributed by atoms with van der Waals surface area (Å²) in [5.74, 6) is -0.404. The Morgan fingerprint density at radius 3 is 2.44 bits per heavy atom. The molecule has 0 radical (unpaired) electrons. The minimum atomic E-state index is -0.524. The smallest absolute Gasteiger partial charge is 0.351 e. The van der Waals surface area contributed by atoms with Gasteiger partial charge in [0.05, 0.1) is 23.7 Å². The highest BCUT2D eigenvalue weighted by Gasteiger charge is 2.19. The van der Waals surface area contributed by atoms with Crippen molar-refractivity contribution < 1.29 is 14.5 Å². The lowest BCUT2D eigenvalue weighted by Crippen LogP contribution is -2.43. The Bertz CT molecular complexity index is 890. The summed E-state index contributed by atoms with van der Waals surface area (Å²) >= 11 is 0. The molecule has 0 aliphatic rings. The molecule has 0 fully saturated rings. The van der Waals surface area contributed by atoms with Crippen molar-refractivity contribution in [2.45, 2.75) is 0 Å². The first kappa shape index (κ1) is 16.2. The van der Waals surface area contributed by atoms with Crippen LogP contribution in [0.5, 0.6) is 0 Å². The molecule has 0 saturated heterocycles. The van der Waals surface area contributed by atoms with E-state index in [0.717, 1.165) is 4.79 Å². The Kier molecular flexibility index (Phi) is 4.70. The van der Waals surface area contributed by atoms with E-state index in [4.69, 9.17) is 0 Å². The second-order valence-electron chi connectivity index (χ2n) is 5.16. The van der Waals surface area contributed by atoms with E-state index in [2.05, 4.69) is 20.8 Å². The molecule has 2 aromatic carbocycles. The van der Waals surface area contributed by atoms with Crippen LogP contribution in [0.2, 0.25) is 0 Å². The number of aromatic nitrogens is 3. The van der Waals surface area contributed by atoms with Crippen LogP contribution in [0, 0.1) is 0 Å². The summed E-state index contributed by atoms with van der Waals surface area (Å²) in [5.41, 5.74) is 3.65. The lowest BCUT2D eigenvalue weighted by atomic mass is 10.3. The van der Waals surface area contributed by atoms with Gasteiger partial charge in [-0.05, 0) is 24.3 Å². The molecule has 25 heavy (non-hydrogen) atoms. The van der Waals surface area contributed by atoms with E-state index >= 15 is 0 Å². The van der Waals surface area contributed by atoms with Gasteiger partial charge >= 0.3 is 6.03 Å². The van der Waals surface area contributed by atoms with Crippen LogP contribution >= 0.6 is 0 Å². The standard InChI is InChI=1S/C17H16N6O2/c1-22-12-18-23(21-17(25)20-14-10-6-3-7-11-14)16(22)15(24)19-13-8-4-2-5-9-13/h2-12H,1H3,(H2-,19,20,21,24,25). The summed E-state index contributed by atoms with van der Waals surface area (Å²) in [6.45, 7) is 0. The second-order valence-corrected chi connectivity index (χ2v) is 5.16. The number of rotatable bonds is 4. The number of urea groups is 1. The van der Waals surface area contributed by atoms with Crippen molar-refractivity contribution in [3.8, 4) is 0 Å². The van der Waals surface area contributed by atoms with Gasteiger partial charge in [0.15, 0.2) is 0 Å². The number of nitrogens with zero attached hydrogens (tertiary/aromatic N) is 4. The number of benzene rings is 2. The fourth-order valence-corrected chi connectivity index (χ4v) is 2.16. The molecule has 0 bridgehead atoms. The molecule has 8 nitrogen and oxygen atoms in total. The molecule has 0 unspecified atom stereocenters. The summed E-state index contributed by atoms with van der Waals surface area (Å²) in [5, 5.41) is 19.1. The Morgan fingerprint density at radius 2 is 1.76 bits per heavy atom. The van der Waals surface area contributed by atoms with Crippen LogP contribution in [-0.2, 0) is 7.05 Å². The lowest BCUT2D eigenvalue weighted by molar-refractivity contribution is -0.675. The third-order valence-electron chi connectivity index (χ3n) is 3.29. The fraction of sp³-hybridized carbons (Fsp3) is 0.0588.